The van der Waals surface area contributed by atoms with Gasteiger partial charge in [-0.1, -0.05) is 72.3 Å². The number of halogens is 1. The summed E-state index contributed by atoms with van der Waals surface area (Å²) < 4.78 is 33.6. The van der Waals surface area contributed by atoms with Crippen LogP contribution in [0.1, 0.15) is 35.6 Å². The number of methoxy groups -OCH3 is 1. The lowest BCUT2D eigenvalue weighted by Crippen LogP contribution is -2.30. The van der Waals surface area contributed by atoms with Gasteiger partial charge in [-0.05, 0) is 54.2 Å². The van der Waals surface area contributed by atoms with Gasteiger partial charge < -0.3 is 4.74 Å². The SMILES string of the molecule is COC(=O)CCCc1ccc(C(Cc2ccccc2)NS(=O)(=O)c2cccc(Cl)c2)cc1. The maximum Gasteiger partial charge on any atom is 0.305 e. The molecule has 0 bridgehead atoms. The summed E-state index contributed by atoms with van der Waals surface area (Å²) in [6.45, 7) is 0. The van der Waals surface area contributed by atoms with E-state index in [2.05, 4.69) is 9.46 Å². The number of esters is 1. The van der Waals surface area contributed by atoms with Crippen molar-refractivity contribution in [3.05, 3.63) is 101 Å². The number of carbonyl (C=O) groups excluding carboxylic acids is 1. The van der Waals surface area contributed by atoms with E-state index in [0.29, 0.717) is 24.3 Å². The smallest absolute Gasteiger partial charge is 0.305 e. The fourth-order valence-electron chi connectivity index (χ4n) is 3.42. The van der Waals surface area contributed by atoms with Gasteiger partial charge in [0.15, 0.2) is 0 Å². The summed E-state index contributed by atoms with van der Waals surface area (Å²) >= 11 is 6.00. The summed E-state index contributed by atoms with van der Waals surface area (Å²) in [7, 11) is -2.39. The minimum atomic E-state index is -3.77. The fourth-order valence-corrected chi connectivity index (χ4v) is 4.95. The van der Waals surface area contributed by atoms with Crippen LogP contribution in [0.5, 0.6) is 0 Å². The van der Waals surface area contributed by atoms with Gasteiger partial charge in [0.1, 0.15) is 0 Å². The topological polar surface area (TPSA) is 72.5 Å². The van der Waals surface area contributed by atoms with Crippen LogP contribution in [-0.2, 0) is 32.4 Å². The van der Waals surface area contributed by atoms with Gasteiger partial charge in [0.2, 0.25) is 10.0 Å². The van der Waals surface area contributed by atoms with Crippen LogP contribution in [0.4, 0.5) is 0 Å². The van der Waals surface area contributed by atoms with Gasteiger partial charge in [-0.3, -0.25) is 4.79 Å². The normalized spacial score (nSPS) is 12.3. The molecule has 0 fully saturated rings. The third-order valence-electron chi connectivity index (χ3n) is 5.14. The summed E-state index contributed by atoms with van der Waals surface area (Å²) in [5.74, 6) is -0.222. The molecule has 3 aromatic carbocycles. The van der Waals surface area contributed by atoms with Crippen molar-refractivity contribution in [2.45, 2.75) is 36.6 Å². The Balaban J connectivity index is 1.80. The summed E-state index contributed by atoms with van der Waals surface area (Å²) in [6, 6.07) is 23.3. The number of aryl methyl sites for hydroxylation is 1. The van der Waals surface area contributed by atoms with Crippen LogP contribution >= 0.6 is 11.6 Å². The quantitative estimate of drug-likeness (QED) is 0.417. The molecular weight excluding hydrogens is 446 g/mol. The molecule has 32 heavy (non-hydrogen) atoms. The molecular formula is C25H26ClNO4S. The number of rotatable bonds is 10. The number of hydrogen-bond acceptors (Lipinski definition) is 4. The third-order valence-corrected chi connectivity index (χ3v) is 6.85. The summed E-state index contributed by atoms with van der Waals surface area (Å²) in [5.41, 5.74) is 2.96. The molecule has 0 saturated carbocycles. The van der Waals surface area contributed by atoms with Crippen molar-refractivity contribution in [3.63, 3.8) is 0 Å². The van der Waals surface area contributed by atoms with Gasteiger partial charge in [-0.15, -0.1) is 0 Å². The molecule has 7 heteroatoms. The highest BCUT2D eigenvalue weighted by atomic mass is 35.5. The second-order valence-corrected chi connectivity index (χ2v) is 9.64. The van der Waals surface area contributed by atoms with Gasteiger partial charge in [0.05, 0.1) is 18.0 Å². The van der Waals surface area contributed by atoms with Crippen molar-refractivity contribution in [2.75, 3.05) is 7.11 Å². The molecule has 0 aliphatic carbocycles. The Hall–Kier alpha value is -2.67. The van der Waals surface area contributed by atoms with Gasteiger partial charge in [-0.2, -0.15) is 0 Å². The molecule has 0 aromatic heterocycles. The van der Waals surface area contributed by atoms with Crippen LogP contribution < -0.4 is 4.72 Å². The summed E-state index contributed by atoms with van der Waals surface area (Å²) in [5, 5.41) is 0.365. The van der Waals surface area contributed by atoms with Crippen molar-refractivity contribution < 1.29 is 17.9 Å². The van der Waals surface area contributed by atoms with Crippen LogP contribution in [0.15, 0.2) is 83.8 Å². The van der Waals surface area contributed by atoms with Crippen molar-refractivity contribution in [1.82, 2.24) is 4.72 Å². The Labute approximate surface area is 194 Å². The first-order chi connectivity index (χ1) is 15.4. The predicted molar refractivity (Wildman–Crippen MR) is 126 cm³/mol. The Kier molecular flexibility index (Phi) is 8.45. The molecule has 0 amide bonds. The molecule has 0 aliphatic rings. The molecule has 1 unspecified atom stereocenters. The number of ether oxygens (including phenoxy) is 1. The number of benzene rings is 3. The molecule has 3 rings (SSSR count). The van der Waals surface area contributed by atoms with Crippen LogP contribution in [0, 0.1) is 0 Å². The van der Waals surface area contributed by atoms with Gasteiger partial charge in [-0.25, -0.2) is 13.1 Å². The van der Waals surface area contributed by atoms with E-state index in [1.165, 1.54) is 19.2 Å². The summed E-state index contributed by atoms with van der Waals surface area (Å²) in [6.07, 6.45) is 2.31. The van der Waals surface area contributed by atoms with Crippen molar-refractivity contribution in [3.8, 4) is 0 Å². The number of hydrogen-bond donors (Lipinski definition) is 1. The van der Waals surface area contributed by atoms with Crippen LogP contribution in [0.25, 0.3) is 0 Å². The second kappa shape index (κ2) is 11.3. The minimum absolute atomic E-state index is 0.127. The maximum absolute atomic E-state index is 13.0. The Bertz CT molecular complexity index is 1130. The summed E-state index contributed by atoms with van der Waals surface area (Å²) in [4.78, 5) is 11.4. The Morgan fingerprint density at radius 3 is 2.34 bits per heavy atom. The van der Waals surface area contributed by atoms with Gasteiger partial charge >= 0.3 is 5.97 Å². The monoisotopic (exact) mass is 471 g/mol. The highest BCUT2D eigenvalue weighted by Gasteiger charge is 2.22. The minimum Gasteiger partial charge on any atom is -0.469 e. The molecule has 1 atom stereocenters. The Morgan fingerprint density at radius 1 is 0.969 bits per heavy atom. The lowest BCUT2D eigenvalue weighted by molar-refractivity contribution is -0.140. The molecule has 0 aliphatic heterocycles. The van der Waals surface area contributed by atoms with Crippen LogP contribution in [-0.4, -0.2) is 21.5 Å². The molecule has 0 saturated heterocycles. The van der Waals surface area contributed by atoms with Gasteiger partial charge in [0.25, 0.3) is 0 Å². The highest BCUT2D eigenvalue weighted by molar-refractivity contribution is 7.89. The van der Waals surface area contributed by atoms with E-state index in [1.807, 2.05) is 54.6 Å². The molecule has 1 N–H and O–H groups in total. The lowest BCUT2D eigenvalue weighted by Gasteiger charge is -2.20. The zero-order valence-corrected chi connectivity index (χ0v) is 19.4. The Morgan fingerprint density at radius 2 is 1.69 bits per heavy atom. The number of nitrogens with one attached hydrogen (secondary N) is 1. The number of sulfonamides is 1. The van der Waals surface area contributed by atoms with Crippen molar-refractivity contribution >= 4 is 27.6 Å². The fraction of sp³-hybridized carbons (Fsp3) is 0.240. The van der Waals surface area contributed by atoms with Crippen molar-refractivity contribution in [2.24, 2.45) is 0 Å². The molecule has 3 aromatic rings. The van der Waals surface area contributed by atoms with E-state index in [0.717, 1.165) is 23.1 Å². The molecule has 0 spiro atoms. The first-order valence-electron chi connectivity index (χ1n) is 10.3. The van der Waals surface area contributed by atoms with Crippen LogP contribution in [0.3, 0.4) is 0 Å². The average Bonchev–Trinajstić information content (AvgIpc) is 2.79. The van der Waals surface area contributed by atoms with Gasteiger partial charge in [0, 0.05) is 11.4 Å². The van der Waals surface area contributed by atoms with E-state index in [9.17, 15) is 13.2 Å². The largest absolute Gasteiger partial charge is 0.469 e. The zero-order chi connectivity index (χ0) is 23.0. The highest BCUT2D eigenvalue weighted by Crippen LogP contribution is 2.24. The predicted octanol–water partition coefficient (Wildman–Crippen LogP) is 5.10. The second-order valence-electron chi connectivity index (χ2n) is 7.49. The van der Waals surface area contributed by atoms with E-state index >= 15 is 0 Å². The molecule has 168 valence electrons. The molecule has 0 radical (unpaired) electrons. The first kappa shape index (κ1) is 24.0. The van der Waals surface area contributed by atoms with E-state index in [-0.39, 0.29) is 10.9 Å². The average molecular weight is 472 g/mol. The van der Waals surface area contributed by atoms with E-state index in [4.69, 9.17) is 11.6 Å². The standard InChI is InChI=1S/C25H26ClNO4S/c1-31-25(28)12-5-9-19-13-15-21(16-14-19)24(17-20-7-3-2-4-8-20)27-32(29,30)23-11-6-10-22(26)18-23/h2-4,6-8,10-11,13-16,18,24,27H,5,9,12,17H2,1H3. The molecule has 5 nitrogen and oxygen atoms in total. The van der Waals surface area contributed by atoms with E-state index in [1.54, 1.807) is 12.1 Å². The lowest BCUT2D eigenvalue weighted by atomic mass is 9.98. The first-order valence-corrected chi connectivity index (χ1v) is 12.2. The van der Waals surface area contributed by atoms with Crippen molar-refractivity contribution in [1.29, 1.82) is 0 Å². The van der Waals surface area contributed by atoms with E-state index < -0.39 is 16.1 Å². The maximum atomic E-state index is 13.0. The van der Waals surface area contributed by atoms with Crippen LogP contribution in [0.2, 0.25) is 5.02 Å². The zero-order valence-electron chi connectivity index (χ0n) is 17.8. The molecule has 0 heterocycles. The number of carbonyl (C=O) groups is 1. The third kappa shape index (κ3) is 6.92.